The minimum Gasteiger partial charge on any atom is -0.355 e. The van der Waals surface area contributed by atoms with Crippen LogP contribution in [0.15, 0.2) is 176 Å². The zero-order valence-corrected chi connectivity index (χ0v) is 23.7. The number of hydrogen-bond acceptors (Lipinski definition) is 3. The van der Waals surface area contributed by atoms with E-state index in [9.17, 15) is 0 Å². The van der Waals surface area contributed by atoms with Crippen LogP contribution in [-0.4, -0.2) is 6.04 Å². The van der Waals surface area contributed by atoms with Crippen LogP contribution in [0.25, 0.3) is 10.8 Å². The number of allylic oxidation sites excluding steroid dienone is 1. The molecular weight excluding hydrogens is 522 g/mol. The van der Waals surface area contributed by atoms with Crippen molar-refractivity contribution in [3.05, 3.63) is 181 Å². The van der Waals surface area contributed by atoms with Crippen molar-refractivity contribution in [3.8, 4) is 0 Å². The number of nitrogens with one attached hydrogen (secondary N) is 1. The maximum absolute atomic E-state index is 3.60. The minimum atomic E-state index is 0.135. The SMILES string of the molecule is C1=CC2c3ccc(Nc4ccccc4)cc3N(c3ccccc3)C2C=C1N(c1ccccc1)c1ccc2ccccc2c1. The van der Waals surface area contributed by atoms with Gasteiger partial charge in [0.25, 0.3) is 0 Å². The number of fused-ring (bicyclic) bond motifs is 4. The summed E-state index contributed by atoms with van der Waals surface area (Å²) in [5.74, 6) is 0.249. The van der Waals surface area contributed by atoms with Gasteiger partial charge >= 0.3 is 0 Å². The molecule has 0 saturated heterocycles. The molecule has 0 spiro atoms. The van der Waals surface area contributed by atoms with E-state index in [1.165, 1.54) is 33.4 Å². The van der Waals surface area contributed by atoms with Gasteiger partial charge in [-0.1, -0.05) is 97.1 Å². The third kappa shape index (κ3) is 4.65. The Kier molecular flexibility index (Phi) is 6.27. The van der Waals surface area contributed by atoms with E-state index in [1.54, 1.807) is 0 Å². The van der Waals surface area contributed by atoms with Gasteiger partial charge < -0.3 is 15.1 Å². The van der Waals surface area contributed by atoms with Crippen LogP contribution >= 0.6 is 0 Å². The van der Waals surface area contributed by atoms with Crippen LogP contribution in [0.2, 0.25) is 0 Å². The van der Waals surface area contributed by atoms with Gasteiger partial charge in [0.2, 0.25) is 0 Å². The molecule has 3 nitrogen and oxygen atoms in total. The molecule has 0 saturated carbocycles. The van der Waals surface area contributed by atoms with E-state index in [1.807, 2.05) is 6.07 Å². The predicted molar refractivity (Wildman–Crippen MR) is 181 cm³/mol. The summed E-state index contributed by atoms with van der Waals surface area (Å²) in [5.41, 5.74) is 9.39. The Bertz CT molecular complexity index is 1960. The summed E-state index contributed by atoms with van der Waals surface area (Å²) < 4.78 is 0. The number of nitrogens with zero attached hydrogens (tertiary/aromatic N) is 2. The molecule has 6 aromatic carbocycles. The zero-order chi connectivity index (χ0) is 28.6. The second-order valence-corrected chi connectivity index (χ2v) is 11.1. The Labute approximate surface area is 252 Å². The lowest BCUT2D eigenvalue weighted by Gasteiger charge is -2.34. The third-order valence-electron chi connectivity index (χ3n) is 8.49. The molecule has 0 radical (unpaired) electrons. The average Bonchev–Trinajstić information content (AvgIpc) is 3.39. The summed E-state index contributed by atoms with van der Waals surface area (Å²) in [6, 6.07) is 54.1. The van der Waals surface area contributed by atoms with Gasteiger partial charge in [0, 0.05) is 45.7 Å². The summed E-state index contributed by atoms with van der Waals surface area (Å²) in [6.45, 7) is 0. The lowest BCUT2D eigenvalue weighted by molar-refractivity contribution is 0.735. The van der Waals surface area contributed by atoms with E-state index >= 15 is 0 Å². The highest BCUT2D eigenvalue weighted by Crippen LogP contribution is 2.50. The van der Waals surface area contributed by atoms with E-state index in [0.717, 1.165) is 22.7 Å². The van der Waals surface area contributed by atoms with E-state index < -0.39 is 0 Å². The molecule has 1 N–H and O–H groups in total. The standard InChI is InChI=1S/C40H31N3/c1-4-14-31(15-5-1)41-32-21-24-37-38-25-23-36(28-40(38)43(39(37)27-32)34-18-8-3-9-19-34)42(33-16-6-2-7-17-33)35-22-20-29-12-10-11-13-30(29)26-35/h1-28,38,40-41H. The summed E-state index contributed by atoms with van der Waals surface area (Å²) in [7, 11) is 0. The smallest absolute Gasteiger partial charge is 0.0649 e. The highest BCUT2D eigenvalue weighted by molar-refractivity contribution is 5.88. The van der Waals surface area contributed by atoms with Gasteiger partial charge in [0.05, 0.1) is 6.04 Å². The largest absolute Gasteiger partial charge is 0.355 e. The predicted octanol–water partition coefficient (Wildman–Crippen LogP) is 10.5. The van der Waals surface area contributed by atoms with Crippen molar-refractivity contribution in [2.75, 3.05) is 15.1 Å². The van der Waals surface area contributed by atoms with Crippen molar-refractivity contribution in [2.45, 2.75) is 12.0 Å². The third-order valence-corrected chi connectivity index (χ3v) is 8.49. The first-order chi connectivity index (χ1) is 21.3. The van der Waals surface area contributed by atoms with Gasteiger partial charge in [-0.05, 0) is 89.2 Å². The summed E-state index contributed by atoms with van der Waals surface area (Å²) >= 11 is 0. The number of rotatable bonds is 6. The molecule has 3 heteroatoms. The van der Waals surface area contributed by atoms with Crippen molar-refractivity contribution in [1.82, 2.24) is 0 Å². The van der Waals surface area contributed by atoms with Gasteiger partial charge in [-0.25, -0.2) is 0 Å². The van der Waals surface area contributed by atoms with E-state index in [0.29, 0.717) is 0 Å². The lowest BCUT2D eigenvalue weighted by atomic mass is 9.89. The van der Waals surface area contributed by atoms with Crippen molar-refractivity contribution in [1.29, 1.82) is 0 Å². The van der Waals surface area contributed by atoms with Gasteiger partial charge in [-0.3, -0.25) is 0 Å². The van der Waals surface area contributed by atoms with Crippen LogP contribution in [0, 0.1) is 0 Å². The Balaban J connectivity index is 1.24. The fraction of sp³-hybridized carbons (Fsp3) is 0.0500. The fourth-order valence-electron chi connectivity index (χ4n) is 6.52. The Morgan fingerprint density at radius 2 is 1.26 bits per heavy atom. The summed E-state index contributed by atoms with van der Waals surface area (Å²) in [6.07, 6.45) is 7.14. The molecule has 2 aliphatic rings. The lowest BCUT2D eigenvalue weighted by Crippen LogP contribution is -2.31. The van der Waals surface area contributed by atoms with Crippen LogP contribution in [0.5, 0.6) is 0 Å². The van der Waals surface area contributed by atoms with Gasteiger partial charge in [0.15, 0.2) is 0 Å². The van der Waals surface area contributed by atoms with E-state index in [2.05, 4.69) is 179 Å². The maximum Gasteiger partial charge on any atom is 0.0649 e. The normalized spacial score (nSPS) is 16.8. The monoisotopic (exact) mass is 553 g/mol. The van der Waals surface area contributed by atoms with Crippen LogP contribution in [0.4, 0.5) is 34.1 Å². The molecule has 2 atom stereocenters. The number of anilines is 6. The number of para-hydroxylation sites is 3. The summed E-state index contributed by atoms with van der Waals surface area (Å²) in [4.78, 5) is 4.89. The molecule has 1 heterocycles. The summed E-state index contributed by atoms with van der Waals surface area (Å²) in [5, 5.41) is 6.08. The molecule has 1 aliphatic carbocycles. The highest BCUT2D eigenvalue weighted by atomic mass is 15.2. The minimum absolute atomic E-state index is 0.135. The second-order valence-electron chi connectivity index (χ2n) is 11.1. The van der Waals surface area contributed by atoms with E-state index in [-0.39, 0.29) is 12.0 Å². The molecule has 6 aromatic rings. The van der Waals surface area contributed by atoms with Crippen molar-refractivity contribution >= 4 is 44.9 Å². The number of hydrogen-bond donors (Lipinski definition) is 1. The van der Waals surface area contributed by atoms with E-state index in [4.69, 9.17) is 0 Å². The maximum atomic E-state index is 3.60. The topological polar surface area (TPSA) is 18.5 Å². The van der Waals surface area contributed by atoms with Crippen LogP contribution in [-0.2, 0) is 0 Å². The molecule has 0 aromatic heterocycles. The molecule has 0 bridgehead atoms. The second kappa shape index (κ2) is 10.7. The number of benzene rings is 6. The van der Waals surface area contributed by atoms with Gasteiger partial charge in [-0.15, -0.1) is 0 Å². The molecule has 206 valence electrons. The Morgan fingerprint density at radius 1 is 0.558 bits per heavy atom. The zero-order valence-electron chi connectivity index (χ0n) is 23.7. The molecule has 1 aliphatic heterocycles. The van der Waals surface area contributed by atoms with Crippen molar-refractivity contribution in [2.24, 2.45) is 0 Å². The van der Waals surface area contributed by atoms with Crippen LogP contribution in [0.1, 0.15) is 11.5 Å². The highest BCUT2D eigenvalue weighted by Gasteiger charge is 2.39. The Morgan fingerprint density at radius 3 is 2.05 bits per heavy atom. The van der Waals surface area contributed by atoms with Crippen LogP contribution in [0.3, 0.4) is 0 Å². The first kappa shape index (κ1) is 25.2. The molecule has 8 rings (SSSR count). The molecule has 0 fully saturated rings. The van der Waals surface area contributed by atoms with Crippen LogP contribution < -0.4 is 15.1 Å². The molecular formula is C40H31N3. The first-order valence-corrected chi connectivity index (χ1v) is 14.9. The molecule has 2 unspecified atom stereocenters. The van der Waals surface area contributed by atoms with Crippen molar-refractivity contribution in [3.63, 3.8) is 0 Å². The fourth-order valence-corrected chi connectivity index (χ4v) is 6.52. The molecule has 43 heavy (non-hydrogen) atoms. The van der Waals surface area contributed by atoms with Gasteiger partial charge in [0.1, 0.15) is 0 Å². The quantitative estimate of drug-likeness (QED) is 0.221. The van der Waals surface area contributed by atoms with Crippen molar-refractivity contribution < 1.29 is 0 Å². The molecule has 0 amide bonds. The Hall–Kier alpha value is -5.54. The average molecular weight is 554 g/mol. The van der Waals surface area contributed by atoms with Gasteiger partial charge in [-0.2, -0.15) is 0 Å². The first-order valence-electron chi connectivity index (χ1n) is 14.9.